The molecule has 122 valence electrons. The Bertz CT molecular complexity index is 816. The molecule has 0 saturated heterocycles. The van der Waals surface area contributed by atoms with E-state index in [1.807, 2.05) is 66.7 Å². The lowest BCUT2D eigenvalue weighted by Gasteiger charge is -2.29. The predicted octanol–water partition coefficient (Wildman–Crippen LogP) is 5.18. The topological polar surface area (TPSA) is 9.23 Å². The van der Waals surface area contributed by atoms with Gasteiger partial charge in [-0.15, -0.1) is 6.58 Å². The molecule has 0 aliphatic heterocycles. The van der Waals surface area contributed by atoms with Gasteiger partial charge in [0.05, 0.1) is 6.61 Å². The maximum absolute atomic E-state index is 6.28. The second-order valence-corrected chi connectivity index (χ2v) is 5.63. The maximum atomic E-state index is 6.28. The third-order valence-corrected chi connectivity index (χ3v) is 3.93. The van der Waals surface area contributed by atoms with Crippen LogP contribution in [0.3, 0.4) is 0 Å². The first kappa shape index (κ1) is 16.8. The fourth-order valence-electron chi connectivity index (χ4n) is 2.73. The molecule has 3 aromatic rings. The number of hydrogen-bond acceptors (Lipinski definition) is 1. The van der Waals surface area contributed by atoms with Crippen molar-refractivity contribution in [1.29, 1.82) is 0 Å². The van der Waals surface area contributed by atoms with Crippen molar-refractivity contribution in [1.82, 2.24) is 0 Å². The van der Waals surface area contributed by atoms with Crippen molar-refractivity contribution in [2.24, 2.45) is 0 Å². The van der Waals surface area contributed by atoms with Crippen LogP contribution in [0.15, 0.2) is 104 Å². The molecular formula is C24H20O. The summed E-state index contributed by atoms with van der Waals surface area (Å²) in [5.74, 6) is 6.68. The van der Waals surface area contributed by atoms with Crippen LogP contribution in [0.2, 0.25) is 0 Å². The molecule has 0 bridgehead atoms. The lowest BCUT2D eigenvalue weighted by atomic mass is 9.86. The van der Waals surface area contributed by atoms with Crippen LogP contribution in [0.25, 0.3) is 0 Å². The molecule has 0 aliphatic carbocycles. The van der Waals surface area contributed by atoms with Gasteiger partial charge in [0.25, 0.3) is 0 Å². The van der Waals surface area contributed by atoms with E-state index >= 15 is 0 Å². The van der Waals surface area contributed by atoms with Crippen molar-refractivity contribution >= 4 is 0 Å². The molecule has 0 aliphatic rings. The molecule has 3 aromatic carbocycles. The van der Waals surface area contributed by atoms with E-state index in [0.717, 1.165) is 16.7 Å². The Balaban J connectivity index is 2.18. The minimum absolute atomic E-state index is 0.410. The van der Waals surface area contributed by atoms with Gasteiger partial charge in [-0.05, 0) is 12.1 Å². The summed E-state index contributed by atoms with van der Waals surface area (Å²) in [5.41, 5.74) is 2.13. The maximum Gasteiger partial charge on any atom is 0.180 e. The SMILES string of the molecule is C=CCOC(C#Cc1ccccc1)(c1ccccc1)c1ccccc1. The molecule has 0 radical (unpaired) electrons. The quantitative estimate of drug-likeness (QED) is 0.464. The van der Waals surface area contributed by atoms with Gasteiger partial charge in [-0.3, -0.25) is 0 Å². The Morgan fingerprint density at radius 1 is 0.760 bits per heavy atom. The lowest BCUT2D eigenvalue weighted by molar-refractivity contribution is 0.0466. The lowest BCUT2D eigenvalue weighted by Crippen LogP contribution is -2.30. The van der Waals surface area contributed by atoms with E-state index in [9.17, 15) is 0 Å². The summed E-state index contributed by atoms with van der Waals surface area (Å²) in [6.07, 6.45) is 1.75. The summed E-state index contributed by atoms with van der Waals surface area (Å²) >= 11 is 0. The molecule has 0 saturated carbocycles. The monoisotopic (exact) mass is 324 g/mol. The number of rotatable bonds is 5. The van der Waals surface area contributed by atoms with Crippen LogP contribution in [0, 0.1) is 11.8 Å². The van der Waals surface area contributed by atoms with Gasteiger partial charge >= 0.3 is 0 Å². The molecule has 0 spiro atoms. The Morgan fingerprint density at radius 3 is 1.72 bits per heavy atom. The summed E-state index contributed by atoms with van der Waals surface area (Å²) in [7, 11) is 0. The van der Waals surface area contributed by atoms with E-state index in [-0.39, 0.29) is 0 Å². The molecular weight excluding hydrogens is 304 g/mol. The van der Waals surface area contributed by atoms with Gasteiger partial charge in [-0.25, -0.2) is 0 Å². The van der Waals surface area contributed by atoms with Gasteiger partial charge in [0.1, 0.15) is 0 Å². The number of ether oxygens (including phenoxy) is 1. The average Bonchev–Trinajstić information content (AvgIpc) is 2.71. The fraction of sp³-hybridized carbons (Fsp3) is 0.0833. The second kappa shape index (κ2) is 8.15. The zero-order valence-electron chi connectivity index (χ0n) is 14.1. The van der Waals surface area contributed by atoms with Gasteiger partial charge in [-0.2, -0.15) is 0 Å². The van der Waals surface area contributed by atoms with Crippen LogP contribution in [-0.4, -0.2) is 6.61 Å². The van der Waals surface area contributed by atoms with E-state index in [1.165, 1.54) is 0 Å². The summed E-state index contributed by atoms with van der Waals surface area (Å²) in [4.78, 5) is 0. The molecule has 1 nitrogen and oxygen atoms in total. The molecule has 0 unspecified atom stereocenters. The van der Waals surface area contributed by atoms with Gasteiger partial charge in [0.15, 0.2) is 5.60 Å². The Morgan fingerprint density at radius 2 is 1.24 bits per heavy atom. The third-order valence-electron chi connectivity index (χ3n) is 3.93. The van der Waals surface area contributed by atoms with Crippen LogP contribution < -0.4 is 0 Å². The highest BCUT2D eigenvalue weighted by molar-refractivity contribution is 5.48. The highest BCUT2D eigenvalue weighted by Gasteiger charge is 2.33. The zero-order valence-corrected chi connectivity index (χ0v) is 14.1. The smallest absolute Gasteiger partial charge is 0.180 e. The van der Waals surface area contributed by atoms with Crippen LogP contribution >= 0.6 is 0 Å². The summed E-state index contributed by atoms with van der Waals surface area (Å²) < 4.78 is 6.28. The Labute approximate surface area is 149 Å². The van der Waals surface area contributed by atoms with Crippen molar-refractivity contribution in [2.75, 3.05) is 6.61 Å². The molecule has 0 aromatic heterocycles. The summed E-state index contributed by atoms with van der Waals surface area (Å²) in [6, 6.07) is 30.2. The van der Waals surface area contributed by atoms with E-state index in [4.69, 9.17) is 4.74 Å². The summed E-state index contributed by atoms with van der Waals surface area (Å²) in [6.45, 7) is 4.21. The van der Waals surface area contributed by atoms with Gasteiger partial charge in [-0.1, -0.05) is 96.8 Å². The van der Waals surface area contributed by atoms with Crippen molar-refractivity contribution in [3.8, 4) is 11.8 Å². The standard InChI is InChI=1S/C24H20O/c1-2-20-25-24(22-14-8-4-9-15-22,23-16-10-5-11-17-23)19-18-21-12-6-3-7-13-21/h2-17H,1,20H2. The van der Waals surface area contributed by atoms with E-state index in [2.05, 4.69) is 42.7 Å². The molecule has 0 atom stereocenters. The Hall–Kier alpha value is -3.08. The largest absolute Gasteiger partial charge is 0.350 e. The molecule has 1 heteroatoms. The van der Waals surface area contributed by atoms with Gasteiger partial charge < -0.3 is 4.74 Å². The highest BCUT2D eigenvalue weighted by Crippen LogP contribution is 2.33. The van der Waals surface area contributed by atoms with E-state index in [1.54, 1.807) is 6.08 Å². The normalized spacial score (nSPS) is 10.6. The van der Waals surface area contributed by atoms with Crippen LogP contribution in [0.4, 0.5) is 0 Å². The molecule has 0 amide bonds. The first-order valence-electron chi connectivity index (χ1n) is 8.29. The van der Waals surface area contributed by atoms with E-state index in [0.29, 0.717) is 6.61 Å². The fourth-order valence-corrected chi connectivity index (χ4v) is 2.73. The third kappa shape index (κ3) is 3.88. The van der Waals surface area contributed by atoms with Gasteiger partial charge in [0, 0.05) is 16.7 Å². The van der Waals surface area contributed by atoms with Crippen LogP contribution in [-0.2, 0) is 10.3 Å². The van der Waals surface area contributed by atoms with E-state index < -0.39 is 5.60 Å². The average molecular weight is 324 g/mol. The molecule has 25 heavy (non-hydrogen) atoms. The van der Waals surface area contributed by atoms with Crippen molar-refractivity contribution in [3.63, 3.8) is 0 Å². The zero-order chi connectivity index (χ0) is 17.4. The minimum Gasteiger partial charge on any atom is -0.350 e. The predicted molar refractivity (Wildman–Crippen MR) is 103 cm³/mol. The summed E-state index contributed by atoms with van der Waals surface area (Å²) in [5, 5.41) is 0. The van der Waals surface area contributed by atoms with Crippen molar-refractivity contribution in [3.05, 3.63) is 120 Å². The molecule has 0 heterocycles. The second-order valence-electron chi connectivity index (χ2n) is 5.63. The first-order valence-corrected chi connectivity index (χ1v) is 8.29. The van der Waals surface area contributed by atoms with Crippen molar-refractivity contribution in [2.45, 2.75) is 5.60 Å². The molecule has 0 N–H and O–H groups in total. The molecule has 0 fully saturated rings. The minimum atomic E-state index is -0.841. The first-order chi connectivity index (χ1) is 12.3. The van der Waals surface area contributed by atoms with Crippen LogP contribution in [0.5, 0.6) is 0 Å². The molecule has 3 rings (SSSR count). The van der Waals surface area contributed by atoms with Gasteiger partial charge in [0.2, 0.25) is 0 Å². The van der Waals surface area contributed by atoms with Crippen LogP contribution in [0.1, 0.15) is 16.7 Å². The number of hydrogen-bond donors (Lipinski definition) is 0. The highest BCUT2D eigenvalue weighted by atomic mass is 16.5. The number of benzene rings is 3. The van der Waals surface area contributed by atoms with Crippen molar-refractivity contribution < 1.29 is 4.74 Å². The Kier molecular flexibility index (Phi) is 5.46.